The maximum Gasteiger partial charge on any atom is 0.236 e. The van der Waals surface area contributed by atoms with Crippen molar-refractivity contribution in [1.82, 2.24) is 19.8 Å². The number of likely N-dealkylation sites (tertiary alicyclic amines) is 2. The van der Waals surface area contributed by atoms with Crippen LogP contribution in [0.3, 0.4) is 0 Å². The quantitative estimate of drug-likeness (QED) is 0.253. The number of nitrogens with zero attached hydrogens (tertiary/aromatic N) is 7. The highest BCUT2D eigenvalue weighted by atomic mass is 16.2. The number of hydrogen-bond donors (Lipinski definition) is 3. The molecule has 3 fully saturated rings. The van der Waals surface area contributed by atoms with E-state index in [9.17, 15) is 9.59 Å². The summed E-state index contributed by atoms with van der Waals surface area (Å²) < 4.78 is 0. The standard InChI is InChI=1S/C35H42N10O2/c1-23-3-4-27(19-40-23)31(37)32-28(36)9-10-29(42-32)45-18-14-35(34(45)47)13-17-43(21-35)20-30(46)44-15-11-25(12-16-44)24-5-7-26(8-6-24)33(38)41-22-39-2/h3-10,19,22,25,37H,11-18,20-21,36H2,1-2H3,(H2,38,39,41)/t35-/m0/s1. The first kappa shape index (κ1) is 32.0. The molecule has 12 heteroatoms. The Morgan fingerprint density at radius 2 is 1.77 bits per heavy atom. The van der Waals surface area contributed by atoms with Crippen molar-refractivity contribution in [2.45, 2.75) is 38.5 Å². The zero-order chi connectivity index (χ0) is 33.1. The van der Waals surface area contributed by atoms with Gasteiger partial charge in [0.2, 0.25) is 11.8 Å². The fraction of sp³-hybridized carbons (Fsp3) is 0.400. The first-order chi connectivity index (χ1) is 22.7. The minimum Gasteiger partial charge on any atom is -0.397 e. The van der Waals surface area contributed by atoms with Gasteiger partial charge in [0.05, 0.1) is 23.4 Å². The average Bonchev–Trinajstić information content (AvgIpc) is 3.65. The van der Waals surface area contributed by atoms with Crippen molar-refractivity contribution >= 4 is 41.2 Å². The van der Waals surface area contributed by atoms with Gasteiger partial charge in [0.25, 0.3) is 0 Å². The van der Waals surface area contributed by atoms with Crippen molar-refractivity contribution in [3.63, 3.8) is 0 Å². The number of carbonyl (C=O) groups excluding carboxylic acids is 2. The van der Waals surface area contributed by atoms with Gasteiger partial charge in [-0.05, 0) is 74.9 Å². The highest BCUT2D eigenvalue weighted by Crippen LogP contribution is 2.42. The number of aliphatic imine (C=N–C) groups is 2. The van der Waals surface area contributed by atoms with E-state index in [0.717, 1.165) is 24.1 Å². The zero-order valence-electron chi connectivity index (χ0n) is 27.0. The van der Waals surface area contributed by atoms with Crippen molar-refractivity contribution in [1.29, 1.82) is 5.41 Å². The molecule has 3 saturated heterocycles. The van der Waals surface area contributed by atoms with Gasteiger partial charge in [-0.3, -0.25) is 34.8 Å². The maximum atomic E-state index is 13.9. The Bertz CT molecular complexity index is 1710. The number of anilines is 2. The van der Waals surface area contributed by atoms with E-state index in [1.54, 1.807) is 30.3 Å². The van der Waals surface area contributed by atoms with Crippen LogP contribution in [0, 0.1) is 17.7 Å². The van der Waals surface area contributed by atoms with E-state index >= 15 is 0 Å². The topological polar surface area (TPSA) is 170 Å². The summed E-state index contributed by atoms with van der Waals surface area (Å²) in [5.74, 6) is 1.46. The lowest BCUT2D eigenvalue weighted by Crippen LogP contribution is -2.44. The summed E-state index contributed by atoms with van der Waals surface area (Å²) in [4.78, 5) is 49.9. The summed E-state index contributed by atoms with van der Waals surface area (Å²) in [6.45, 7) is 5.44. The van der Waals surface area contributed by atoms with Crippen molar-refractivity contribution in [2.75, 3.05) is 56.9 Å². The van der Waals surface area contributed by atoms with Gasteiger partial charge in [0.15, 0.2) is 0 Å². The van der Waals surface area contributed by atoms with Gasteiger partial charge >= 0.3 is 0 Å². The minimum atomic E-state index is -0.533. The molecule has 2 aromatic heterocycles. The number of hydrogen-bond acceptors (Lipinski definition) is 8. The number of amides is 2. The molecule has 0 aliphatic carbocycles. The summed E-state index contributed by atoms with van der Waals surface area (Å²) in [6, 6.07) is 15.3. The molecule has 3 aliphatic heterocycles. The molecular formula is C35H42N10O2. The molecule has 47 heavy (non-hydrogen) atoms. The van der Waals surface area contributed by atoms with Crippen LogP contribution in [0.25, 0.3) is 0 Å². The predicted octanol–water partition coefficient (Wildman–Crippen LogP) is 2.98. The van der Waals surface area contributed by atoms with Crippen LogP contribution < -0.4 is 16.4 Å². The van der Waals surface area contributed by atoms with Crippen LogP contribution in [0.2, 0.25) is 0 Å². The SMILES string of the molecule is CN=CN=C(N)c1ccc(C2CCN(C(=O)CN3CC[C@]4(CCN(c5ccc(N)c(C(=N)c6ccc(C)nc6)n5)C4=O)C3)CC2)cc1. The van der Waals surface area contributed by atoms with Crippen molar-refractivity contribution < 1.29 is 9.59 Å². The molecule has 5 heterocycles. The molecule has 3 aromatic rings. The van der Waals surface area contributed by atoms with Gasteiger partial charge < -0.3 is 16.4 Å². The van der Waals surface area contributed by atoms with E-state index < -0.39 is 5.41 Å². The number of rotatable bonds is 8. The zero-order valence-corrected chi connectivity index (χ0v) is 27.0. The highest BCUT2D eigenvalue weighted by Gasteiger charge is 2.51. The summed E-state index contributed by atoms with van der Waals surface area (Å²) in [6.07, 6.45) is 6.29. The number of nitrogen functional groups attached to an aromatic ring is 1. The highest BCUT2D eigenvalue weighted by molar-refractivity contribution is 6.12. The van der Waals surface area contributed by atoms with Gasteiger partial charge in [-0.2, -0.15) is 0 Å². The molecule has 5 N–H and O–H groups in total. The molecular weight excluding hydrogens is 592 g/mol. The summed E-state index contributed by atoms with van der Waals surface area (Å²) in [5.41, 5.74) is 16.2. The molecule has 1 spiro atoms. The van der Waals surface area contributed by atoms with Crippen LogP contribution in [0.5, 0.6) is 0 Å². The Balaban J connectivity index is 1.03. The first-order valence-electron chi connectivity index (χ1n) is 16.1. The second kappa shape index (κ2) is 13.4. The molecule has 1 aromatic carbocycles. The molecule has 6 rings (SSSR count). The summed E-state index contributed by atoms with van der Waals surface area (Å²) in [7, 11) is 1.65. The number of aromatic nitrogens is 2. The average molecular weight is 635 g/mol. The molecule has 0 radical (unpaired) electrons. The van der Waals surface area contributed by atoms with Crippen molar-refractivity contribution in [3.8, 4) is 0 Å². The lowest BCUT2D eigenvalue weighted by molar-refractivity contribution is -0.133. The maximum absolute atomic E-state index is 13.9. The lowest BCUT2D eigenvalue weighted by Gasteiger charge is -2.33. The van der Waals surface area contributed by atoms with E-state index in [2.05, 4.69) is 37.0 Å². The van der Waals surface area contributed by atoms with E-state index in [0.29, 0.717) is 86.6 Å². The molecule has 0 saturated carbocycles. The van der Waals surface area contributed by atoms with Gasteiger partial charge in [0.1, 0.15) is 23.7 Å². The molecule has 0 unspecified atom stereocenters. The van der Waals surface area contributed by atoms with E-state index in [4.69, 9.17) is 16.9 Å². The van der Waals surface area contributed by atoms with E-state index in [1.807, 2.05) is 36.1 Å². The lowest BCUT2D eigenvalue weighted by atomic mass is 9.85. The van der Waals surface area contributed by atoms with Crippen LogP contribution in [-0.4, -0.2) is 95.8 Å². The van der Waals surface area contributed by atoms with Crippen LogP contribution in [0.15, 0.2) is 64.7 Å². The van der Waals surface area contributed by atoms with Crippen LogP contribution >= 0.6 is 0 Å². The molecule has 3 aliphatic rings. The second-order valence-corrected chi connectivity index (χ2v) is 12.8. The fourth-order valence-electron chi connectivity index (χ4n) is 6.95. The Labute approximate surface area is 275 Å². The number of pyridine rings is 2. The third-order valence-corrected chi connectivity index (χ3v) is 9.77. The molecule has 1 atom stereocenters. The smallest absolute Gasteiger partial charge is 0.236 e. The second-order valence-electron chi connectivity index (χ2n) is 12.8. The van der Waals surface area contributed by atoms with Crippen molar-refractivity contribution in [3.05, 3.63) is 82.8 Å². The molecule has 244 valence electrons. The summed E-state index contributed by atoms with van der Waals surface area (Å²) >= 11 is 0. The number of aryl methyl sites for hydroxylation is 1. The van der Waals surface area contributed by atoms with Gasteiger partial charge in [-0.15, -0.1) is 0 Å². The normalized spacial score (nSPS) is 21.0. The molecule has 0 bridgehead atoms. The van der Waals surface area contributed by atoms with E-state index in [-0.39, 0.29) is 17.5 Å². The number of piperidine rings is 1. The van der Waals surface area contributed by atoms with Crippen LogP contribution in [-0.2, 0) is 9.59 Å². The Hall–Kier alpha value is -4.97. The van der Waals surface area contributed by atoms with E-state index in [1.165, 1.54) is 11.9 Å². The predicted molar refractivity (Wildman–Crippen MR) is 184 cm³/mol. The minimum absolute atomic E-state index is 0.0255. The Morgan fingerprint density at radius 3 is 2.47 bits per heavy atom. The third-order valence-electron chi connectivity index (χ3n) is 9.77. The molecule has 2 amide bonds. The molecule has 12 nitrogen and oxygen atoms in total. The van der Waals surface area contributed by atoms with Crippen molar-refractivity contribution in [2.24, 2.45) is 21.1 Å². The number of benzene rings is 1. The number of amidine groups is 1. The Morgan fingerprint density at radius 1 is 1.04 bits per heavy atom. The van der Waals surface area contributed by atoms with Crippen LogP contribution in [0.4, 0.5) is 11.5 Å². The van der Waals surface area contributed by atoms with Crippen LogP contribution in [0.1, 0.15) is 59.7 Å². The van der Waals surface area contributed by atoms with Gasteiger partial charge in [-0.1, -0.05) is 24.3 Å². The number of carbonyl (C=O) groups is 2. The number of nitrogens with two attached hydrogens (primary N) is 2. The van der Waals surface area contributed by atoms with Gasteiger partial charge in [0, 0.05) is 56.2 Å². The third kappa shape index (κ3) is 6.64. The fourth-order valence-corrected chi connectivity index (χ4v) is 6.95. The Kier molecular flexibility index (Phi) is 9.12. The summed E-state index contributed by atoms with van der Waals surface area (Å²) in [5, 5.41) is 8.69. The largest absolute Gasteiger partial charge is 0.397 e. The van der Waals surface area contributed by atoms with Gasteiger partial charge in [-0.25, -0.2) is 9.98 Å². The monoisotopic (exact) mass is 634 g/mol. The first-order valence-corrected chi connectivity index (χ1v) is 16.1. The number of nitrogens with one attached hydrogen (secondary N) is 1.